The van der Waals surface area contributed by atoms with Crippen LogP contribution in [0.4, 0.5) is 0 Å². The Morgan fingerprint density at radius 1 is 1.28 bits per heavy atom. The van der Waals surface area contributed by atoms with Crippen LogP contribution in [0, 0.1) is 6.92 Å². The van der Waals surface area contributed by atoms with E-state index in [1.165, 1.54) is 18.4 Å². The number of aromatic nitrogens is 3. The van der Waals surface area contributed by atoms with Crippen LogP contribution < -0.4 is 5.76 Å². The van der Waals surface area contributed by atoms with Crippen molar-refractivity contribution in [3.63, 3.8) is 0 Å². The minimum Gasteiger partial charge on any atom is -0.408 e. The Bertz CT molecular complexity index is 907. The largest absolute Gasteiger partial charge is 0.419 e. The summed E-state index contributed by atoms with van der Waals surface area (Å²) in [6.45, 7) is 5.84. The third-order valence-corrected chi connectivity index (χ3v) is 5.06. The molecule has 0 spiro atoms. The average molecular weight is 340 g/mol. The van der Waals surface area contributed by atoms with Crippen LogP contribution in [-0.2, 0) is 13.1 Å². The van der Waals surface area contributed by atoms with Gasteiger partial charge >= 0.3 is 5.76 Å². The average Bonchev–Trinajstić information content (AvgIpc) is 3.29. The number of nitrogens with zero attached hydrogens (tertiary/aromatic N) is 4. The van der Waals surface area contributed by atoms with Crippen molar-refractivity contribution in [1.29, 1.82) is 0 Å². The Morgan fingerprint density at radius 2 is 2.16 bits per heavy atom. The first-order chi connectivity index (χ1) is 12.2. The van der Waals surface area contributed by atoms with Gasteiger partial charge in [-0.05, 0) is 50.4 Å². The van der Waals surface area contributed by atoms with E-state index in [0.717, 1.165) is 31.6 Å². The van der Waals surface area contributed by atoms with E-state index in [0.29, 0.717) is 18.2 Å². The van der Waals surface area contributed by atoms with Crippen molar-refractivity contribution in [3.8, 4) is 0 Å². The lowest BCUT2D eigenvalue weighted by Crippen LogP contribution is -2.34. The molecule has 1 aromatic carbocycles. The smallest absolute Gasteiger partial charge is 0.408 e. The van der Waals surface area contributed by atoms with Gasteiger partial charge in [-0.3, -0.25) is 14.1 Å². The SMILES string of the molecule is Cc1cnn(C[C@@H]2CCCN2CCCn2c(=O)oc3ccccc32)c1. The van der Waals surface area contributed by atoms with E-state index in [9.17, 15) is 4.79 Å². The zero-order chi connectivity index (χ0) is 17.2. The molecule has 0 radical (unpaired) electrons. The summed E-state index contributed by atoms with van der Waals surface area (Å²) < 4.78 is 9.10. The highest BCUT2D eigenvalue weighted by Crippen LogP contribution is 2.19. The van der Waals surface area contributed by atoms with Crippen LogP contribution in [0.2, 0.25) is 0 Å². The van der Waals surface area contributed by atoms with Gasteiger partial charge in [-0.2, -0.15) is 5.10 Å². The van der Waals surface area contributed by atoms with Gasteiger partial charge in [-0.1, -0.05) is 12.1 Å². The van der Waals surface area contributed by atoms with Crippen molar-refractivity contribution in [3.05, 3.63) is 52.8 Å². The molecule has 0 aliphatic carbocycles. The molecule has 6 nitrogen and oxygen atoms in total. The molecule has 132 valence electrons. The summed E-state index contributed by atoms with van der Waals surface area (Å²) in [4.78, 5) is 14.6. The van der Waals surface area contributed by atoms with Crippen molar-refractivity contribution in [2.45, 2.75) is 45.3 Å². The molecule has 3 heterocycles. The van der Waals surface area contributed by atoms with Crippen LogP contribution in [0.25, 0.3) is 11.1 Å². The molecule has 1 fully saturated rings. The molecule has 4 rings (SSSR count). The van der Waals surface area contributed by atoms with Crippen LogP contribution in [0.3, 0.4) is 0 Å². The summed E-state index contributed by atoms with van der Waals surface area (Å²) in [7, 11) is 0. The van der Waals surface area contributed by atoms with Crippen LogP contribution in [-0.4, -0.2) is 38.4 Å². The molecule has 6 heteroatoms. The van der Waals surface area contributed by atoms with Crippen molar-refractivity contribution in [2.24, 2.45) is 0 Å². The van der Waals surface area contributed by atoms with Gasteiger partial charge in [0, 0.05) is 25.3 Å². The molecule has 1 atom stereocenters. The molecular weight excluding hydrogens is 316 g/mol. The summed E-state index contributed by atoms with van der Waals surface area (Å²) in [6.07, 6.45) is 7.41. The number of likely N-dealkylation sites (tertiary alicyclic amines) is 1. The minimum absolute atomic E-state index is 0.258. The predicted octanol–water partition coefficient (Wildman–Crippen LogP) is 2.65. The fourth-order valence-electron chi connectivity index (χ4n) is 3.84. The van der Waals surface area contributed by atoms with Crippen LogP contribution in [0.15, 0.2) is 45.9 Å². The summed E-state index contributed by atoms with van der Waals surface area (Å²) in [5.41, 5.74) is 2.76. The molecule has 1 saturated heterocycles. The monoisotopic (exact) mass is 340 g/mol. The van der Waals surface area contributed by atoms with Gasteiger partial charge in [0.25, 0.3) is 0 Å². The van der Waals surface area contributed by atoms with E-state index in [2.05, 4.69) is 23.1 Å². The van der Waals surface area contributed by atoms with Crippen molar-refractivity contribution >= 4 is 11.1 Å². The Labute approximate surface area is 146 Å². The Morgan fingerprint density at radius 3 is 3.00 bits per heavy atom. The van der Waals surface area contributed by atoms with Gasteiger partial charge < -0.3 is 4.42 Å². The lowest BCUT2D eigenvalue weighted by Gasteiger charge is -2.24. The molecular formula is C19H24N4O2. The molecule has 1 aliphatic heterocycles. The number of fused-ring (bicyclic) bond motifs is 1. The van der Waals surface area contributed by atoms with E-state index >= 15 is 0 Å². The highest BCUT2D eigenvalue weighted by molar-refractivity contribution is 5.72. The number of aryl methyl sites for hydroxylation is 2. The van der Waals surface area contributed by atoms with Gasteiger partial charge in [0.2, 0.25) is 0 Å². The van der Waals surface area contributed by atoms with Gasteiger partial charge in [-0.15, -0.1) is 0 Å². The lowest BCUT2D eigenvalue weighted by atomic mass is 10.2. The zero-order valence-electron chi connectivity index (χ0n) is 14.6. The second kappa shape index (κ2) is 6.88. The van der Waals surface area contributed by atoms with E-state index in [-0.39, 0.29) is 5.76 Å². The highest BCUT2D eigenvalue weighted by Gasteiger charge is 2.24. The van der Waals surface area contributed by atoms with Gasteiger partial charge in [0.15, 0.2) is 5.58 Å². The van der Waals surface area contributed by atoms with Crippen molar-refractivity contribution < 1.29 is 4.42 Å². The van der Waals surface area contributed by atoms with E-state index in [1.807, 2.05) is 35.1 Å². The number of rotatable bonds is 6. The zero-order valence-corrected chi connectivity index (χ0v) is 14.6. The topological polar surface area (TPSA) is 56.2 Å². The quantitative estimate of drug-likeness (QED) is 0.692. The van der Waals surface area contributed by atoms with Gasteiger partial charge in [0.05, 0.1) is 18.3 Å². The summed E-state index contributed by atoms with van der Waals surface area (Å²) in [5, 5.41) is 4.41. The Balaban J connectivity index is 1.37. The van der Waals surface area contributed by atoms with Crippen LogP contribution in [0.5, 0.6) is 0 Å². The highest BCUT2D eigenvalue weighted by atomic mass is 16.4. The van der Waals surface area contributed by atoms with E-state index in [1.54, 1.807) is 4.57 Å². The third kappa shape index (κ3) is 3.39. The molecule has 0 saturated carbocycles. The first-order valence-electron chi connectivity index (χ1n) is 9.02. The summed E-state index contributed by atoms with van der Waals surface area (Å²) >= 11 is 0. The number of benzene rings is 1. The second-order valence-corrected chi connectivity index (χ2v) is 6.91. The minimum atomic E-state index is -0.258. The number of oxazole rings is 1. The maximum atomic E-state index is 12.0. The third-order valence-electron chi connectivity index (χ3n) is 5.06. The Kier molecular flexibility index (Phi) is 4.44. The molecule has 0 N–H and O–H groups in total. The normalized spacial score (nSPS) is 18.4. The van der Waals surface area contributed by atoms with Crippen LogP contribution in [0.1, 0.15) is 24.8 Å². The number of hydrogen-bond acceptors (Lipinski definition) is 4. The molecule has 1 aliphatic rings. The number of hydrogen-bond donors (Lipinski definition) is 0. The molecule has 3 aromatic rings. The van der Waals surface area contributed by atoms with Gasteiger partial charge in [0.1, 0.15) is 0 Å². The van der Waals surface area contributed by atoms with Crippen molar-refractivity contribution in [2.75, 3.05) is 13.1 Å². The molecule has 0 unspecified atom stereocenters. The first-order valence-corrected chi connectivity index (χ1v) is 9.02. The summed E-state index contributed by atoms with van der Waals surface area (Å²) in [5.74, 6) is -0.258. The standard InChI is InChI=1S/C19H24N4O2/c1-15-12-20-22(13-15)14-16-6-4-9-21(16)10-5-11-23-17-7-2-3-8-18(17)25-19(23)24/h2-3,7-8,12-13,16H,4-6,9-11,14H2,1H3/t16-/m0/s1. The van der Waals surface area contributed by atoms with E-state index < -0.39 is 0 Å². The predicted molar refractivity (Wildman–Crippen MR) is 96.7 cm³/mol. The fraction of sp³-hybridized carbons (Fsp3) is 0.474. The van der Waals surface area contributed by atoms with E-state index in [4.69, 9.17) is 4.42 Å². The Hall–Kier alpha value is -2.34. The second-order valence-electron chi connectivity index (χ2n) is 6.91. The molecule has 0 amide bonds. The molecule has 0 bridgehead atoms. The number of para-hydroxylation sites is 2. The first kappa shape index (κ1) is 16.1. The lowest BCUT2D eigenvalue weighted by molar-refractivity contribution is 0.221. The molecule has 25 heavy (non-hydrogen) atoms. The summed E-state index contributed by atoms with van der Waals surface area (Å²) in [6, 6.07) is 8.16. The van der Waals surface area contributed by atoms with Crippen molar-refractivity contribution in [1.82, 2.24) is 19.2 Å². The molecule has 2 aromatic heterocycles. The maximum Gasteiger partial charge on any atom is 0.419 e. The fourth-order valence-corrected chi connectivity index (χ4v) is 3.84. The van der Waals surface area contributed by atoms with Crippen LogP contribution >= 0.6 is 0 Å². The maximum absolute atomic E-state index is 12.0. The van der Waals surface area contributed by atoms with Gasteiger partial charge in [-0.25, -0.2) is 4.79 Å².